The van der Waals surface area contributed by atoms with Crippen LogP contribution < -0.4 is 10.1 Å². The van der Waals surface area contributed by atoms with Crippen LogP contribution in [0.2, 0.25) is 5.02 Å². The zero-order valence-corrected chi connectivity index (χ0v) is 23.3. The topological polar surface area (TPSA) is 54.7 Å². The maximum Gasteiger partial charge on any atom is 0.287 e. The summed E-state index contributed by atoms with van der Waals surface area (Å²) in [7, 11) is 0. The van der Waals surface area contributed by atoms with Gasteiger partial charge in [-0.05, 0) is 81.1 Å². The van der Waals surface area contributed by atoms with Gasteiger partial charge >= 0.3 is 0 Å². The van der Waals surface area contributed by atoms with E-state index in [0.29, 0.717) is 11.5 Å². The summed E-state index contributed by atoms with van der Waals surface area (Å²) < 4.78 is 11.9. The van der Waals surface area contributed by atoms with Crippen LogP contribution >= 0.6 is 11.6 Å². The molecule has 1 heterocycles. The van der Waals surface area contributed by atoms with E-state index in [0.717, 1.165) is 41.5 Å². The largest absolute Gasteiger partial charge is 0.485 e. The van der Waals surface area contributed by atoms with Crippen molar-refractivity contribution in [2.45, 2.75) is 98.6 Å². The van der Waals surface area contributed by atoms with E-state index < -0.39 is 0 Å². The van der Waals surface area contributed by atoms with Crippen LogP contribution in [0.25, 0.3) is 0 Å². The van der Waals surface area contributed by atoms with Gasteiger partial charge in [0.05, 0.1) is 0 Å². The molecule has 1 amide bonds. The fourth-order valence-corrected chi connectivity index (χ4v) is 4.34. The smallest absolute Gasteiger partial charge is 0.287 e. The summed E-state index contributed by atoms with van der Waals surface area (Å²) in [6.07, 6.45) is 7.34. The number of nitrogens with zero attached hydrogens (tertiary/aromatic N) is 1. The number of rotatable bonds is 16. The van der Waals surface area contributed by atoms with Crippen LogP contribution in [-0.2, 0) is 6.61 Å². The van der Waals surface area contributed by atoms with Gasteiger partial charge in [-0.15, -0.1) is 0 Å². The number of carbonyl (C=O) groups is 1. The van der Waals surface area contributed by atoms with Crippen molar-refractivity contribution < 1.29 is 13.9 Å². The second-order valence-electron chi connectivity index (χ2n) is 9.94. The summed E-state index contributed by atoms with van der Waals surface area (Å²) in [6, 6.07) is 7.49. The van der Waals surface area contributed by atoms with Gasteiger partial charge in [0, 0.05) is 17.6 Å². The summed E-state index contributed by atoms with van der Waals surface area (Å²) in [5, 5.41) is 3.84. The molecule has 0 saturated heterocycles. The van der Waals surface area contributed by atoms with Gasteiger partial charge in [0.25, 0.3) is 5.91 Å². The second-order valence-corrected chi connectivity index (χ2v) is 10.3. The van der Waals surface area contributed by atoms with Gasteiger partial charge < -0.3 is 19.4 Å². The first-order valence-electron chi connectivity index (χ1n) is 13.3. The molecule has 1 aromatic heterocycles. The lowest BCUT2D eigenvalue weighted by Gasteiger charge is -2.26. The Bertz CT molecular complexity index is 899. The van der Waals surface area contributed by atoms with Crippen LogP contribution in [0.5, 0.6) is 5.75 Å². The van der Waals surface area contributed by atoms with Crippen molar-refractivity contribution in [3.05, 3.63) is 51.9 Å². The van der Waals surface area contributed by atoms with Gasteiger partial charge in [0.15, 0.2) is 5.76 Å². The lowest BCUT2D eigenvalue weighted by Crippen LogP contribution is -2.42. The van der Waals surface area contributed by atoms with E-state index in [4.69, 9.17) is 20.8 Å². The summed E-state index contributed by atoms with van der Waals surface area (Å²) >= 11 is 6.30. The van der Waals surface area contributed by atoms with E-state index in [9.17, 15) is 4.79 Å². The molecular weight excluding hydrogens is 460 g/mol. The number of nitrogens with one attached hydrogen (secondary N) is 1. The number of halogens is 1. The highest BCUT2D eigenvalue weighted by molar-refractivity contribution is 6.31. The summed E-state index contributed by atoms with van der Waals surface area (Å²) in [5.41, 5.74) is 2.03. The number of amides is 1. The maximum absolute atomic E-state index is 12.8. The van der Waals surface area contributed by atoms with Crippen LogP contribution in [-0.4, -0.2) is 36.5 Å². The molecular formula is C29H45ClN2O3. The predicted octanol–water partition coefficient (Wildman–Crippen LogP) is 7.74. The normalized spacial score (nSPS) is 12.4. The molecule has 0 saturated carbocycles. The monoisotopic (exact) mass is 504 g/mol. The molecule has 35 heavy (non-hydrogen) atoms. The van der Waals surface area contributed by atoms with Crippen molar-refractivity contribution in [1.82, 2.24) is 10.2 Å². The van der Waals surface area contributed by atoms with E-state index in [1.807, 2.05) is 19.1 Å². The fourth-order valence-electron chi connectivity index (χ4n) is 4.17. The Balaban J connectivity index is 1.92. The third-order valence-electron chi connectivity index (χ3n) is 6.23. The molecule has 0 bridgehead atoms. The minimum Gasteiger partial charge on any atom is -0.485 e. The van der Waals surface area contributed by atoms with E-state index in [1.165, 1.54) is 38.5 Å². The van der Waals surface area contributed by atoms with Crippen molar-refractivity contribution in [3.63, 3.8) is 0 Å². The highest BCUT2D eigenvalue weighted by atomic mass is 35.5. The number of hydrogen-bond acceptors (Lipinski definition) is 4. The van der Waals surface area contributed by atoms with Crippen LogP contribution in [0, 0.1) is 6.92 Å². The van der Waals surface area contributed by atoms with Crippen molar-refractivity contribution in [3.8, 4) is 5.75 Å². The first-order valence-corrected chi connectivity index (χ1v) is 13.7. The minimum atomic E-state index is -0.184. The average molecular weight is 505 g/mol. The highest BCUT2D eigenvalue weighted by Crippen LogP contribution is 2.32. The Labute approximate surface area is 217 Å². The van der Waals surface area contributed by atoms with E-state index in [2.05, 4.69) is 44.8 Å². The molecule has 0 aliphatic heterocycles. The molecule has 0 radical (unpaired) electrons. The number of benzene rings is 1. The Kier molecular flexibility index (Phi) is 12.7. The third-order valence-corrected chi connectivity index (χ3v) is 6.64. The number of furan rings is 1. The molecule has 1 atom stereocenters. The second kappa shape index (κ2) is 15.2. The Hall–Kier alpha value is -1.98. The summed E-state index contributed by atoms with van der Waals surface area (Å²) in [4.78, 5) is 15.3. The molecule has 0 fully saturated rings. The highest BCUT2D eigenvalue weighted by Gasteiger charge is 2.17. The van der Waals surface area contributed by atoms with Crippen LogP contribution in [0.1, 0.15) is 107 Å². The Morgan fingerprint density at radius 3 is 2.31 bits per heavy atom. The molecule has 2 rings (SSSR count). The van der Waals surface area contributed by atoms with Crippen molar-refractivity contribution >= 4 is 17.5 Å². The predicted molar refractivity (Wildman–Crippen MR) is 146 cm³/mol. The Morgan fingerprint density at radius 1 is 1.06 bits per heavy atom. The molecule has 0 spiro atoms. The standard InChI is InChI=1S/C29H45ClN2O3/c1-7-9-11-15-32(16-12-10-8-2)19-23(6)31-29(33)27-14-13-24(35-27)20-34-28-17-22(5)26(30)18-25(28)21(3)4/h13-14,17-18,21,23H,7-12,15-16,19-20H2,1-6H3,(H,31,33). The number of unbranched alkanes of at least 4 members (excludes halogenated alkanes) is 4. The van der Waals surface area contributed by atoms with Gasteiger partial charge in [0.1, 0.15) is 18.1 Å². The number of aryl methyl sites for hydroxylation is 1. The SMILES string of the molecule is CCCCCN(CCCCC)CC(C)NC(=O)c1ccc(COc2cc(C)c(Cl)cc2C(C)C)o1. The lowest BCUT2D eigenvalue weighted by atomic mass is 10.0. The average Bonchev–Trinajstić information content (AvgIpc) is 3.29. The van der Waals surface area contributed by atoms with E-state index in [1.54, 1.807) is 12.1 Å². The van der Waals surface area contributed by atoms with E-state index >= 15 is 0 Å². The van der Waals surface area contributed by atoms with Crippen molar-refractivity contribution in [1.29, 1.82) is 0 Å². The number of hydrogen-bond donors (Lipinski definition) is 1. The Morgan fingerprint density at radius 2 is 1.71 bits per heavy atom. The lowest BCUT2D eigenvalue weighted by molar-refractivity contribution is 0.0896. The molecule has 196 valence electrons. The molecule has 6 heteroatoms. The zero-order valence-electron chi connectivity index (χ0n) is 22.6. The minimum absolute atomic E-state index is 0.0428. The van der Waals surface area contributed by atoms with Crippen LogP contribution in [0.15, 0.2) is 28.7 Å². The zero-order chi connectivity index (χ0) is 25.8. The van der Waals surface area contributed by atoms with Crippen molar-refractivity contribution in [2.24, 2.45) is 0 Å². The summed E-state index contributed by atoms with van der Waals surface area (Å²) in [6.45, 7) is 16.0. The third kappa shape index (κ3) is 9.89. The molecule has 5 nitrogen and oxygen atoms in total. The van der Waals surface area contributed by atoms with Crippen molar-refractivity contribution in [2.75, 3.05) is 19.6 Å². The quantitative estimate of drug-likeness (QED) is 0.237. The van der Waals surface area contributed by atoms with Gasteiger partial charge in [0.2, 0.25) is 0 Å². The molecule has 1 aromatic carbocycles. The van der Waals surface area contributed by atoms with Gasteiger partial charge in [-0.25, -0.2) is 0 Å². The first kappa shape index (κ1) is 29.3. The molecule has 0 aliphatic rings. The maximum atomic E-state index is 12.8. The van der Waals surface area contributed by atoms with E-state index in [-0.39, 0.29) is 24.5 Å². The summed E-state index contributed by atoms with van der Waals surface area (Å²) in [5.74, 6) is 1.83. The number of carbonyl (C=O) groups excluding carboxylic acids is 1. The first-order chi connectivity index (χ1) is 16.7. The molecule has 1 N–H and O–H groups in total. The molecule has 2 aromatic rings. The van der Waals surface area contributed by atoms with Gasteiger partial charge in [-0.1, -0.05) is 65.0 Å². The fraction of sp³-hybridized carbons (Fsp3) is 0.621. The van der Waals surface area contributed by atoms with Gasteiger partial charge in [-0.3, -0.25) is 4.79 Å². The molecule has 0 aliphatic carbocycles. The van der Waals surface area contributed by atoms with Crippen LogP contribution in [0.3, 0.4) is 0 Å². The van der Waals surface area contributed by atoms with Gasteiger partial charge in [-0.2, -0.15) is 0 Å². The number of ether oxygens (including phenoxy) is 1. The van der Waals surface area contributed by atoms with Crippen LogP contribution in [0.4, 0.5) is 0 Å². The molecule has 1 unspecified atom stereocenters.